The van der Waals surface area contributed by atoms with Crippen LogP contribution in [0.2, 0.25) is 0 Å². The Morgan fingerprint density at radius 1 is 0.931 bits per heavy atom. The molecule has 2 heterocycles. The van der Waals surface area contributed by atoms with E-state index in [9.17, 15) is 21.6 Å². The summed E-state index contributed by atoms with van der Waals surface area (Å²) >= 11 is 0. The number of primary sulfonamides is 2. The van der Waals surface area contributed by atoms with Crippen LogP contribution in [0, 0.1) is 10.8 Å². The van der Waals surface area contributed by atoms with Crippen molar-refractivity contribution in [3.8, 4) is 0 Å². The van der Waals surface area contributed by atoms with E-state index >= 15 is 0 Å². The van der Waals surface area contributed by atoms with Crippen LogP contribution in [0.3, 0.4) is 0 Å². The molecule has 2 spiro atoms. The number of sulfonamides is 2. The van der Waals surface area contributed by atoms with Crippen molar-refractivity contribution in [1.29, 1.82) is 0 Å². The summed E-state index contributed by atoms with van der Waals surface area (Å²) in [5.74, 6) is 0. The third-order valence-corrected chi connectivity index (χ3v) is 8.80. The molecule has 29 heavy (non-hydrogen) atoms. The van der Waals surface area contributed by atoms with Gasteiger partial charge in [0.2, 0.25) is 20.0 Å². The lowest BCUT2D eigenvalue weighted by Crippen LogP contribution is -2.66. The molecular weight excluding hydrogens is 420 g/mol. The Morgan fingerprint density at radius 3 is 1.66 bits per heavy atom. The molecule has 2 aliphatic carbocycles. The summed E-state index contributed by atoms with van der Waals surface area (Å²) in [6.07, 6.45) is 2.32. The average Bonchev–Trinajstić information content (AvgIpc) is 2.25. The van der Waals surface area contributed by atoms with Crippen LogP contribution in [-0.4, -0.2) is 70.1 Å². The maximum absolute atomic E-state index is 11.7. The molecule has 2 saturated carbocycles. The largest absolute Gasteiger partial charge is 0.444 e. The second kappa shape index (κ2) is 7.04. The van der Waals surface area contributed by atoms with E-state index in [0.717, 1.165) is 25.9 Å². The van der Waals surface area contributed by atoms with Crippen LogP contribution in [-0.2, 0) is 24.8 Å². The number of amides is 1. The second-order valence-electron chi connectivity index (χ2n) is 10.2. The van der Waals surface area contributed by atoms with Crippen LogP contribution in [0.1, 0.15) is 46.5 Å². The van der Waals surface area contributed by atoms with E-state index < -0.39 is 30.9 Å². The van der Waals surface area contributed by atoms with Crippen LogP contribution in [0.15, 0.2) is 0 Å². The van der Waals surface area contributed by atoms with Crippen molar-refractivity contribution in [3.05, 3.63) is 0 Å². The Kier molecular flexibility index (Phi) is 5.52. The molecule has 0 aromatic carbocycles. The van der Waals surface area contributed by atoms with E-state index in [1.807, 2.05) is 20.8 Å². The molecule has 1 amide bonds. The number of nitrogens with two attached hydrogens (primary N) is 2. The van der Waals surface area contributed by atoms with Crippen molar-refractivity contribution in [2.45, 2.75) is 62.6 Å². The fourth-order valence-electron chi connectivity index (χ4n) is 4.52. The van der Waals surface area contributed by atoms with Crippen molar-refractivity contribution in [2.75, 3.05) is 26.2 Å². The summed E-state index contributed by atoms with van der Waals surface area (Å²) in [5, 5.41) is 12.5. The topological polar surface area (TPSA) is 162 Å². The number of hydrogen-bond acceptors (Lipinski definition) is 7. The molecule has 2 saturated heterocycles. The van der Waals surface area contributed by atoms with E-state index in [1.54, 1.807) is 4.90 Å². The molecule has 12 heteroatoms. The highest BCUT2D eigenvalue weighted by atomic mass is 32.2. The Bertz CT molecular complexity index is 854. The predicted octanol–water partition coefficient (Wildman–Crippen LogP) is -0.299. The Balaban J connectivity index is 0.000000186. The number of carbonyl (C=O) groups is 1. The van der Waals surface area contributed by atoms with Gasteiger partial charge in [-0.05, 0) is 51.9 Å². The normalized spacial score (nSPS) is 27.6. The van der Waals surface area contributed by atoms with Crippen LogP contribution in [0.25, 0.3) is 0 Å². The van der Waals surface area contributed by atoms with Crippen molar-refractivity contribution in [3.63, 3.8) is 0 Å². The standard InChI is InChI=1S/C11H20N2O4S.C6H12N2O2S/c1-10(2,3)17-9(14)13-6-11(7-13)4-8(5-11)18(12,15)16;7-11(9,10)5-1-6(2-5)3-8-4-6/h8H,4-7H2,1-3H3,(H2,12,15,16);5,8H,1-4H2,(H2,7,9,10). The highest BCUT2D eigenvalue weighted by Gasteiger charge is 2.57. The van der Waals surface area contributed by atoms with Crippen molar-refractivity contribution >= 4 is 26.1 Å². The second-order valence-corrected chi connectivity index (χ2v) is 13.9. The summed E-state index contributed by atoms with van der Waals surface area (Å²) in [4.78, 5) is 13.3. The summed E-state index contributed by atoms with van der Waals surface area (Å²) in [6, 6.07) is 0. The molecule has 0 aromatic heterocycles. The number of hydrogen-bond donors (Lipinski definition) is 3. The Hall–Kier alpha value is -0.950. The Morgan fingerprint density at radius 2 is 1.34 bits per heavy atom. The molecule has 0 radical (unpaired) electrons. The molecule has 168 valence electrons. The van der Waals surface area contributed by atoms with Gasteiger partial charge >= 0.3 is 6.09 Å². The highest BCUT2D eigenvalue weighted by molar-refractivity contribution is 7.90. The van der Waals surface area contributed by atoms with Gasteiger partial charge in [0.1, 0.15) is 5.60 Å². The first-order chi connectivity index (χ1) is 13.0. The summed E-state index contributed by atoms with van der Waals surface area (Å²) in [5.41, 5.74) is -0.228. The lowest BCUT2D eigenvalue weighted by atomic mass is 9.63. The van der Waals surface area contributed by atoms with Crippen molar-refractivity contribution in [1.82, 2.24) is 10.2 Å². The molecule has 0 aromatic rings. The fraction of sp³-hybridized carbons (Fsp3) is 0.941. The van der Waals surface area contributed by atoms with Gasteiger partial charge < -0.3 is 15.0 Å². The van der Waals surface area contributed by atoms with Crippen LogP contribution < -0.4 is 15.6 Å². The van der Waals surface area contributed by atoms with Gasteiger partial charge in [0, 0.05) is 31.6 Å². The fourth-order valence-corrected chi connectivity index (χ4v) is 6.86. The number of nitrogens with one attached hydrogen (secondary N) is 1. The minimum absolute atomic E-state index is 0.0337. The number of nitrogens with zero attached hydrogens (tertiary/aromatic N) is 1. The van der Waals surface area contributed by atoms with Crippen LogP contribution in [0.4, 0.5) is 4.79 Å². The third kappa shape index (κ3) is 5.04. The van der Waals surface area contributed by atoms with E-state index in [2.05, 4.69) is 5.32 Å². The maximum Gasteiger partial charge on any atom is 0.410 e. The zero-order chi connectivity index (χ0) is 21.9. The van der Waals surface area contributed by atoms with Crippen molar-refractivity contribution < 1.29 is 26.4 Å². The molecule has 0 bridgehead atoms. The molecular formula is C17H32N4O6S2. The first-order valence-electron chi connectivity index (χ1n) is 9.75. The van der Waals surface area contributed by atoms with E-state index in [1.165, 1.54) is 0 Å². The quantitative estimate of drug-likeness (QED) is 0.518. The molecule has 4 fully saturated rings. The van der Waals surface area contributed by atoms with Gasteiger partial charge in [0.05, 0.1) is 10.5 Å². The van der Waals surface area contributed by atoms with Gasteiger partial charge in [0.25, 0.3) is 0 Å². The van der Waals surface area contributed by atoms with E-state index in [0.29, 0.717) is 31.3 Å². The lowest BCUT2D eigenvalue weighted by Gasteiger charge is -2.57. The summed E-state index contributed by atoms with van der Waals surface area (Å²) in [6.45, 7) is 8.56. The molecule has 10 nitrogen and oxygen atoms in total. The number of carbonyl (C=O) groups excluding carboxylic acids is 1. The predicted molar refractivity (Wildman–Crippen MR) is 108 cm³/mol. The zero-order valence-electron chi connectivity index (χ0n) is 17.2. The average molecular weight is 453 g/mol. The first-order valence-corrected chi connectivity index (χ1v) is 13.0. The minimum Gasteiger partial charge on any atom is -0.444 e. The maximum atomic E-state index is 11.7. The van der Waals surface area contributed by atoms with Crippen molar-refractivity contribution in [2.24, 2.45) is 21.1 Å². The summed E-state index contributed by atoms with van der Waals surface area (Å²) in [7, 11) is -6.66. The van der Waals surface area contributed by atoms with E-state index in [-0.39, 0.29) is 16.8 Å². The Labute approximate surface area is 172 Å². The van der Waals surface area contributed by atoms with E-state index in [4.69, 9.17) is 15.0 Å². The molecule has 0 unspecified atom stereocenters. The SMILES string of the molecule is CC(C)(C)OC(=O)N1CC2(CC(S(N)(=O)=O)C2)C1.NS(=O)(=O)C1CC2(CNC2)C1. The molecule has 5 N–H and O–H groups in total. The third-order valence-electron chi connectivity index (χ3n) is 6.28. The first kappa shape index (κ1) is 22.7. The monoisotopic (exact) mass is 452 g/mol. The molecule has 0 atom stereocenters. The van der Waals surface area contributed by atoms with Gasteiger partial charge in [-0.2, -0.15) is 0 Å². The van der Waals surface area contributed by atoms with Gasteiger partial charge in [0.15, 0.2) is 0 Å². The minimum atomic E-state index is -3.41. The number of likely N-dealkylation sites (tertiary alicyclic amines) is 1. The van der Waals surface area contributed by atoms with Gasteiger partial charge in [-0.15, -0.1) is 0 Å². The lowest BCUT2D eigenvalue weighted by molar-refractivity contribution is -0.0670. The van der Waals surface area contributed by atoms with Gasteiger partial charge in [-0.3, -0.25) is 0 Å². The van der Waals surface area contributed by atoms with Crippen LogP contribution in [0.5, 0.6) is 0 Å². The van der Waals surface area contributed by atoms with Crippen LogP contribution >= 0.6 is 0 Å². The van der Waals surface area contributed by atoms with Gasteiger partial charge in [-0.1, -0.05) is 0 Å². The zero-order valence-corrected chi connectivity index (χ0v) is 18.8. The highest BCUT2D eigenvalue weighted by Crippen LogP contribution is 2.50. The van der Waals surface area contributed by atoms with Gasteiger partial charge in [-0.25, -0.2) is 31.9 Å². The molecule has 4 rings (SSSR count). The molecule has 2 aliphatic heterocycles. The smallest absolute Gasteiger partial charge is 0.410 e. The molecule has 4 aliphatic rings. The number of rotatable bonds is 2. The summed E-state index contributed by atoms with van der Waals surface area (Å²) < 4.78 is 49.1. The number of ether oxygens (including phenoxy) is 1.